The van der Waals surface area contributed by atoms with Gasteiger partial charge < -0.3 is 4.43 Å². The molecule has 3 aromatic rings. The Hall–Kier alpha value is -1.62. The van der Waals surface area contributed by atoms with Crippen molar-refractivity contribution in [1.82, 2.24) is 9.97 Å². The van der Waals surface area contributed by atoms with E-state index >= 15 is 0 Å². The minimum atomic E-state index is -1.92. The van der Waals surface area contributed by atoms with E-state index in [1.807, 2.05) is 36.4 Å². The van der Waals surface area contributed by atoms with Crippen LogP contribution in [0.1, 0.15) is 20.8 Å². The molecule has 0 aliphatic heterocycles. The molecule has 136 valence electrons. The van der Waals surface area contributed by atoms with Crippen LogP contribution in [0.15, 0.2) is 42.5 Å². The summed E-state index contributed by atoms with van der Waals surface area (Å²) in [4.78, 5) is 8.74. The van der Waals surface area contributed by atoms with Crippen molar-refractivity contribution in [2.45, 2.75) is 38.9 Å². The highest BCUT2D eigenvalue weighted by atomic mass is 35.5. The number of hydrogen-bond donors (Lipinski definition) is 0. The van der Waals surface area contributed by atoms with E-state index in [0.717, 1.165) is 27.9 Å². The molecule has 0 aliphatic rings. The van der Waals surface area contributed by atoms with Crippen LogP contribution in [-0.2, 0) is 0 Å². The zero-order valence-corrected chi connectivity index (χ0v) is 18.1. The fourth-order valence-electron chi connectivity index (χ4n) is 2.45. The Morgan fingerprint density at radius 3 is 2.38 bits per heavy atom. The zero-order chi connectivity index (χ0) is 19.1. The van der Waals surface area contributed by atoms with Crippen molar-refractivity contribution in [1.29, 1.82) is 0 Å². The quantitative estimate of drug-likeness (QED) is 0.348. The van der Waals surface area contributed by atoms with Crippen molar-refractivity contribution < 1.29 is 4.43 Å². The molecule has 1 aromatic heterocycles. The van der Waals surface area contributed by atoms with E-state index in [2.05, 4.69) is 43.8 Å². The van der Waals surface area contributed by atoms with Gasteiger partial charge in [-0.15, -0.1) is 0 Å². The monoisotopic (exact) mass is 404 g/mol. The molecule has 0 bridgehead atoms. The average molecular weight is 405 g/mol. The van der Waals surface area contributed by atoms with E-state index < -0.39 is 8.32 Å². The number of fused-ring (bicyclic) bond motifs is 1. The molecule has 0 aliphatic carbocycles. The summed E-state index contributed by atoms with van der Waals surface area (Å²) in [5.74, 6) is 0.846. The number of nitrogens with zero attached hydrogens (tertiary/aromatic N) is 2. The second-order valence-corrected chi connectivity index (χ2v) is 13.4. The van der Waals surface area contributed by atoms with Crippen LogP contribution in [-0.4, -0.2) is 18.3 Å². The van der Waals surface area contributed by atoms with Gasteiger partial charge >= 0.3 is 0 Å². The molecule has 0 N–H and O–H groups in total. The molecule has 26 heavy (non-hydrogen) atoms. The van der Waals surface area contributed by atoms with E-state index in [4.69, 9.17) is 27.6 Å². The molecular formula is C20H22Cl2N2OSi. The van der Waals surface area contributed by atoms with Crippen LogP contribution in [0, 0.1) is 0 Å². The number of halogens is 2. The first-order valence-corrected chi connectivity index (χ1v) is 12.2. The Kier molecular flexibility index (Phi) is 5.04. The summed E-state index contributed by atoms with van der Waals surface area (Å²) >= 11 is 12.3. The largest absolute Gasteiger partial charge is 0.543 e. The maximum absolute atomic E-state index is 6.43. The second-order valence-electron chi connectivity index (χ2n) is 7.89. The van der Waals surface area contributed by atoms with Crippen molar-refractivity contribution >= 4 is 42.4 Å². The van der Waals surface area contributed by atoms with Crippen LogP contribution in [0.4, 0.5) is 0 Å². The van der Waals surface area contributed by atoms with E-state index in [9.17, 15) is 0 Å². The van der Waals surface area contributed by atoms with Gasteiger partial charge in [0.1, 0.15) is 5.75 Å². The van der Waals surface area contributed by atoms with Crippen LogP contribution in [0.5, 0.6) is 5.75 Å². The molecule has 3 rings (SSSR count). The summed E-state index contributed by atoms with van der Waals surface area (Å²) in [5, 5.41) is 1.84. The molecular weight excluding hydrogens is 383 g/mol. The maximum atomic E-state index is 6.43. The summed E-state index contributed by atoms with van der Waals surface area (Å²) in [5.41, 5.74) is 2.45. The lowest BCUT2D eigenvalue weighted by atomic mass is 10.1. The maximum Gasteiger partial charge on any atom is 0.250 e. The van der Waals surface area contributed by atoms with E-state index in [-0.39, 0.29) is 10.3 Å². The molecule has 2 aromatic carbocycles. The Morgan fingerprint density at radius 1 is 0.962 bits per heavy atom. The standard InChI is InChI=1S/C20H22Cl2N2OSi/c1-20(2,3)26(4,5)25-15-8-6-7-13(11-15)18-16-12-14(21)9-10-17(16)23-19(22)24-18/h6-12H,1-5H3. The molecule has 0 radical (unpaired) electrons. The van der Waals surface area contributed by atoms with E-state index in [0.29, 0.717) is 5.02 Å². The Balaban J connectivity index is 2.09. The summed E-state index contributed by atoms with van der Waals surface area (Å²) in [6.45, 7) is 11.1. The molecule has 0 saturated carbocycles. The predicted octanol–water partition coefficient (Wildman–Crippen LogP) is 6.99. The normalized spacial score (nSPS) is 12.4. The zero-order valence-electron chi connectivity index (χ0n) is 15.6. The molecule has 0 saturated heterocycles. The Labute approximate surface area is 165 Å². The Morgan fingerprint density at radius 2 is 1.69 bits per heavy atom. The van der Waals surface area contributed by atoms with Gasteiger partial charge in [-0.25, -0.2) is 9.97 Å². The van der Waals surface area contributed by atoms with Crippen LogP contribution in [0.3, 0.4) is 0 Å². The first-order valence-electron chi connectivity index (χ1n) is 8.49. The van der Waals surface area contributed by atoms with Gasteiger partial charge in [-0.2, -0.15) is 0 Å². The Bertz CT molecular complexity index is 968. The van der Waals surface area contributed by atoms with Crippen LogP contribution in [0.2, 0.25) is 28.4 Å². The topological polar surface area (TPSA) is 35.0 Å². The van der Waals surface area contributed by atoms with Crippen LogP contribution >= 0.6 is 23.2 Å². The van der Waals surface area contributed by atoms with Gasteiger partial charge in [0.25, 0.3) is 0 Å². The second kappa shape index (κ2) is 6.84. The van der Waals surface area contributed by atoms with Crippen LogP contribution < -0.4 is 4.43 Å². The lowest BCUT2D eigenvalue weighted by molar-refractivity contribution is 0.492. The highest BCUT2D eigenvalue weighted by Gasteiger charge is 2.39. The minimum Gasteiger partial charge on any atom is -0.543 e. The van der Waals surface area contributed by atoms with Gasteiger partial charge in [0.05, 0.1) is 11.2 Å². The third-order valence-electron chi connectivity index (χ3n) is 4.92. The number of aromatic nitrogens is 2. The van der Waals surface area contributed by atoms with Gasteiger partial charge in [0.2, 0.25) is 13.6 Å². The molecule has 1 heterocycles. The minimum absolute atomic E-state index is 0.126. The highest BCUT2D eigenvalue weighted by molar-refractivity contribution is 6.74. The first kappa shape index (κ1) is 19.1. The number of benzene rings is 2. The molecule has 0 amide bonds. The van der Waals surface area contributed by atoms with Gasteiger partial charge in [0, 0.05) is 16.0 Å². The van der Waals surface area contributed by atoms with Crippen molar-refractivity contribution in [3.05, 3.63) is 52.8 Å². The predicted molar refractivity (Wildman–Crippen MR) is 113 cm³/mol. The summed E-state index contributed by atoms with van der Waals surface area (Å²) in [7, 11) is -1.92. The lowest BCUT2D eigenvalue weighted by Gasteiger charge is -2.36. The molecule has 0 fully saturated rings. The van der Waals surface area contributed by atoms with Crippen molar-refractivity contribution in [3.63, 3.8) is 0 Å². The van der Waals surface area contributed by atoms with Gasteiger partial charge in [-0.05, 0) is 60.1 Å². The fourth-order valence-corrected chi connectivity index (χ4v) is 3.82. The van der Waals surface area contributed by atoms with Crippen molar-refractivity contribution in [2.24, 2.45) is 0 Å². The van der Waals surface area contributed by atoms with Crippen molar-refractivity contribution in [2.75, 3.05) is 0 Å². The summed E-state index contributed by atoms with van der Waals surface area (Å²) < 4.78 is 6.43. The fraction of sp³-hybridized carbons (Fsp3) is 0.300. The van der Waals surface area contributed by atoms with Crippen molar-refractivity contribution in [3.8, 4) is 17.0 Å². The van der Waals surface area contributed by atoms with Gasteiger partial charge in [0.15, 0.2) is 0 Å². The SMILES string of the molecule is CC(C)(C)[Si](C)(C)Oc1cccc(-c2nc(Cl)nc3ccc(Cl)cc23)c1. The summed E-state index contributed by atoms with van der Waals surface area (Å²) in [6, 6.07) is 13.5. The molecule has 3 nitrogen and oxygen atoms in total. The van der Waals surface area contributed by atoms with E-state index in [1.54, 1.807) is 6.07 Å². The third-order valence-corrected chi connectivity index (χ3v) is 9.68. The first-order chi connectivity index (χ1) is 12.1. The summed E-state index contributed by atoms with van der Waals surface area (Å²) in [6.07, 6.45) is 0. The number of hydrogen-bond acceptors (Lipinski definition) is 3. The van der Waals surface area contributed by atoms with Gasteiger partial charge in [-0.3, -0.25) is 0 Å². The average Bonchev–Trinajstić information content (AvgIpc) is 2.53. The van der Waals surface area contributed by atoms with Gasteiger partial charge in [-0.1, -0.05) is 44.5 Å². The lowest BCUT2D eigenvalue weighted by Crippen LogP contribution is -2.43. The third kappa shape index (κ3) is 3.87. The molecule has 0 atom stereocenters. The van der Waals surface area contributed by atoms with Crippen LogP contribution in [0.25, 0.3) is 22.2 Å². The highest BCUT2D eigenvalue weighted by Crippen LogP contribution is 2.38. The molecule has 0 spiro atoms. The molecule has 0 unspecified atom stereocenters. The molecule has 6 heteroatoms. The number of rotatable bonds is 3. The van der Waals surface area contributed by atoms with E-state index in [1.165, 1.54) is 0 Å². The smallest absolute Gasteiger partial charge is 0.250 e.